The van der Waals surface area contributed by atoms with Gasteiger partial charge in [-0.3, -0.25) is 14.4 Å². The van der Waals surface area contributed by atoms with E-state index in [0.29, 0.717) is 38.2 Å². The first kappa shape index (κ1) is 32.2. The SMILES string of the molecule is CN(CCNC(=O)C(F)F)c1cc(C(=O)N(C)[C@@H]2CC[C@H](CCO)NC2)c(C(F)(F)F)cc1OC(C)(C)C=O. The Balaban J connectivity index is 2.47. The number of hydrogen-bond donors (Lipinski definition) is 3. The lowest BCUT2D eigenvalue weighted by atomic mass is 9.96. The molecule has 1 saturated heterocycles. The summed E-state index contributed by atoms with van der Waals surface area (Å²) in [7, 11) is 2.83. The number of nitrogens with zero attached hydrogens (tertiary/aromatic N) is 2. The van der Waals surface area contributed by atoms with Gasteiger partial charge >= 0.3 is 12.6 Å². The minimum Gasteiger partial charge on any atom is -0.478 e. The fraction of sp³-hybridized carbons (Fsp3) is 0.640. The number of benzene rings is 1. The number of hydrogen-bond acceptors (Lipinski definition) is 7. The van der Waals surface area contributed by atoms with Crippen LogP contribution in [0.5, 0.6) is 5.75 Å². The molecule has 39 heavy (non-hydrogen) atoms. The summed E-state index contributed by atoms with van der Waals surface area (Å²) in [5.74, 6) is -2.75. The average molecular weight is 567 g/mol. The number of anilines is 1. The normalized spacial score (nSPS) is 18.0. The Morgan fingerprint density at radius 1 is 1.23 bits per heavy atom. The maximum absolute atomic E-state index is 14.2. The number of carbonyl (C=O) groups excluding carboxylic acids is 3. The molecular weight excluding hydrogens is 531 g/mol. The molecule has 1 aliphatic heterocycles. The number of ether oxygens (including phenoxy) is 1. The van der Waals surface area contributed by atoms with Crippen molar-refractivity contribution in [2.45, 2.75) is 63.4 Å². The van der Waals surface area contributed by atoms with E-state index < -0.39 is 47.2 Å². The maximum atomic E-state index is 14.2. The summed E-state index contributed by atoms with van der Waals surface area (Å²) in [5.41, 5.74) is -3.45. The number of nitrogens with one attached hydrogen (secondary N) is 2. The molecule has 0 aromatic heterocycles. The van der Waals surface area contributed by atoms with E-state index in [-0.39, 0.29) is 37.2 Å². The van der Waals surface area contributed by atoms with Crippen LogP contribution in [0.1, 0.15) is 49.0 Å². The van der Waals surface area contributed by atoms with Gasteiger partial charge in [-0.05, 0) is 45.2 Å². The first-order valence-electron chi connectivity index (χ1n) is 12.4. The van der Waals surface area contributed by atoms with Gasteiger partial charge in [0.1, 0.15) is 5.75 Å². The molecule has 9 nitrogen and oxygen atoms in total. The molecular formula is C25H35F5N4O5. The van der Waals surface area contributed by atoms with Crippen LogP contribution >= 0.6 is 0 Å². The summed E-state index contributed by atoms with van der Waals surface area (Å²) < 4.78 is 73.1. The Bertz CT molecular complexity index is 1010. The van der Waals surface area contributed by atoms with Crippen LogP contribution in [0, 0.1) is 0 Å². The molecule has 1 fully saturated rings. The molecule has 1 aromatic rings. The highest BCUT2D eigenvalue weighted by Gasteiger charge is 2.39. The van der Waals surface area contributed by atoms with E-state index in [4.69, 9.17) is 9.84 Å². The monoisotopic (exact) mass is 566 g/mol. The first-order valence-corrected chi connectivity index (χ1v) is 12.4. The highest BCUT2D eigenvalue weighted by molar-refractivity contribution is 5.97. The van der Waals surface area contributed by atoms with Gasteiger partial charge in [-0.15, -0.1) is 0 Å². The van der Waals surface area contributed by atoms with Crippen molar-refractivity contribution in [3.63, 3.8) is 0 Å². The molecule has 1 heterocycles. The van der Waals surface area contributed by atoms with Crippen molar-refractivity contribution in [1.29, 1.82) is 0 Å². The van der Waals surface area contributed by atoms with Gasteiger partial charge < -0.3 is 30.3 Å². The quantitative estimate of drug-likeness (QED) is 0.263. The number of rotatable bonds is 12. The zero-order valence-corrected chi connectivity index (χ0v) is 22.3. The van der Waals surface area contributed by atoms with Gasteiger partial charge in [-0.2, -0.15) is 22.0 Å². The molecule has 0 bridgehead atoms. The third-order valence-electron chi connectivity index (χ3n) is 6.48. The zero-order chi connectivity index (χ0) is 29.5. The third-order valence-corrected chi connectivity index (χ3v) is 6.48. The van der Waals surface area contributed by atoms with Gasteiger partial charge in [-0.1, -0.05) is 0 Å². The second-order valence-electron chi connectivity index (χ2n) is 9.96. The van der Waals surface area contributed by atoms with Crippen molar-refractivity contribution >= 4 is 23.8 Å². The molecule has 2 rings (SSSR count). The summed E-state index contributed by atoms with van der Waals surface area (Å²) >= 11 is 0. The minimum atomic E-state index is -4.95. The van der Waals surface area contributed by atoms with Crippen molar-refractivity contribution in [1.82, 2.24) is 15.5 Å². The van der Waals surface area contributed by atoms with Gasteiger partial charge in [0, 0.05) is 52.4 Å². The first-order chi connectivity index (χ1) is 18.1. The fourth-order valence-corrected chi connectivity index (χ4v) is 4.20. The Morgan fingerprint density at radius 2 is 1.90 bits per heavy atom. The van der Waals surface area contributed by atoms with Crippen LogP contribution in [0.25, 0.3) is 0 Å². The van der Waals surface area contributed by atoms with Crippen LogP contribution in [0.4, 0.5) is 27.6 Å². The van der Waals surface area contributed by atoms with Gasteiger partial charge in [-0.25, -0.2) is 0 Å². The molecule has 1 aromatic carbocycles. The molecule has 0 aliphatic carbocycles. The van der Waals surface area contributed by atoms with E-state index in [0.717, 1.165) is 6.07 Å². The van der Waals surface area contributed by atoms with E-state index in [1.807, 2.05) is 5.32 Å². The molecule has 2 amide bonds. The summed E-state index contributed by atoms with van der Waals surface area (Å²) in [6, 6.07) is 1.29. The number of amides is 2. The van der Waals surface area contributed by atoms with Gasteiger partial charge in [0.2, 0.25) is 0 Å². The Morgan fingerprint density at radius 3 is 2.41 bits per heavy atom. The Labute approximate surface area is 223 Å². The van der Waals surface area contributed by atoms with E-state index >= 15 is 0 Å². The van der Waals surface area contributed by atoms with E-state index in [2.05, 4.69) is 5.32 Å². The second kappa shape index (κ2) is 13.4. The standard InChI is InChI=1S/C25H35F5N4O5/c1-24(2,14-36)39-20-12-18(25(28,29)30)17(11-19(20)33(3)9-8-31-22(37)21(26)27)23(38)34(4)16-6-5-15(7-10-35)32-13-16/h11-12,14-16,21,32,35H,5-10,13H2,1-4H3,(H,31,37)/t15-,16-/m1/s1. The number of carbonyl (C=O) groups is 3. The van der Waals surface area contributed by atoms with Crippen LogP contribution in [-0.4, -0.2) is 92.6 Å². The fourth-order valence-electron chi connectivity index (χ4n) is 4.20. The highest BCUT2D eigenvalue weighted by Crippen LogP contribution is 2.41. The van der Waals surface area contributed by atoms with Crippen LogP contribution < -0.4 is 20.3 Å². The summed E-state index contributed by atoms with van der Waals surface area (Å²) in [6.45, 7) is 2.61. The Hall–Kier alpha value is -3.00. The lowest BCUT2D eigenvalue weighted by Crippen LogP contribution is -2.50. The van der Waals surface area contributed by atoms with Crippen LogP contribution in [0.3, 0.4) is 0 Å². The Kier molecular flexibility index (Phi) is 11.0. The highest BCUT2D eigenvalue weighted by atomic mass is 19.4. The summed E-state index contributed by atoms with van der Waals surface area (Å²) in [4.78, 5) is 38.6. The molecule has 0 radical (unpaired) electrons. The van der Waals surface area contributed by atoms with Crippen LogP contribution in [-0.2, 0) is 15.8 Å². The van der Waals surface area contributed by atoms with Crippen LogP contribution in [0.2, 0.25) is 0 Å². The zero-order valence-electron chi connectivity index (χ0n) is 22.3. The molecule has 0 unspecified atom stereocenters. The number of piperidine rings is 1. The third kappa shape index (κ3) is 8.75. The topological polar surface area (TPSA) is 111 Å². The number of aliphatic hydroxyl groups is 1. The van der Waals surface area contributed by atoms with Gasteiger partial charge in [0.15, 0.2) is 11.9 Å². The predicted octanol–water partition coefficient (Wildman–Crippen LogP) is 2.45. The number of aldehydes is 1. The van der Waals surface area contributed by atoms with Crippen molar-refractivity contribution in [2.24, 2.45) is 0 Å². The molecule has 220 valence electrons. The van der Waals surface area contributed by atoms with Gasteiger partial charge in [0.05, 0.1) is 16.8 Å². The van der Waals surface area contributed by atoms with E-state index in [9.17, 15) is 36.3 Å². The largest absolute Gasteiger partial charge is 0.478 e. The molecule has 3 N–H and O–H groups in total. The number of alkyl halides is 5. The lowest BCUT2D eigenvalue weighted by Gasteiger charge is -2.36. The number of likely N-dealkylation sites (N-methyl/N-ethyl adjacent to an activating group) is 2. The molecule has 0 spiro atoms. The smallest absolute Gasteiger partial charge is 0.417 e. The average Bonchev–Trinajstić information content (AvgIpc) is 2.87. The van der Waals surface area contributed by atoms with Crippen molar-refractivity contribution in [3.8, 4) is 5.75 Å². The van der Waals surface area contributed by atoms with Crippen molar-refractivity contribution in [2.75, 3.05) is 45.2 Å². The molecule has 1 aliphatic rings. The molecule has 2 atom stereocenters. The number of aliphatic hydroxyl groups excluding tert-OH is 1. The lowest BCUT2D eigenvalue weighted by molar-refractivity contribution is -0.138. The predicted molar refractivity (Wildman–Crippen MR) is 133 cm³/mol. The van der Waals surface area contributed by atoms with Crippen molar-refractivity contribution < 1.29 is 46.2 Å². The minimum absolute atomic E-state index is 0.00856. The van der Waals surface area contributed by atoms with E-state index in [1.165, 1.54) is 37.7 Å². The van der Waals surface area contributed by atoms with Crippen molar-refractivity contribution in [3.05, 3.63) is 23.3 Å². The summed E-state index contributed by atoms with van der Waals surface area (Å²) in [5, 5.41) is 14.3. The van der Waals surface area contributed by atoms with Gasteiger partial charge in [0.25, 0.3) is 11.8 Å². The maximum Gasteiger partial charge on any atom is 0.417 e. The van der Waals surface area contributed by atoms with Crippen LogP contribution in [0.15, 0.2) is 12.1 Å². The molecule has 14 heteroatoms. The number of halogens is 5. The van der Waals surface area contributed by atoms with E-state index in [1.54, 1.807) is 0 Å². The molecule has 0 saturated carbocycles. The second-order valence-corrected chi connectivity index (χ2v) is 9.96. The summed E-state index contributed by atoms with van der Waals surface area (Å²) in [6.07, 6.45) is -6.11.